The molecule has 0 fully saturated rings. The number of pyridine rings is 1. The fourth-order valence-electron chi connectivity index (χ4n) is 2.65. The van der Waals surface area contributed by atoms with Crippen molar-refractivity contribution in [1.82, 2.24) is 24.7 Å². The Morgan fingerprint density at radius 1 is 1.23 bits per heavy atom. The number of rotatable bonds is 4. The number of hydrogen-bond acceptors (Lipinski definition) is 3. The lowest BCUT2D eigenvalue weighted by molar-refractivity contribution is 0.0950. The zero-order valence-electron chi connectivity index (χ0n) is 13.2. The molecule has 3 heterocycles. The number of nitrogens with zero attached hydrogens (tertiary/aromatic N) is 3. The molecule has 0 unspecified atom stereocenters. The molecule has 6 nitrogen and oxygen atoms in total. The molecule has 1 aromatic carbocycles. The van der Waals surface area contributed by atoms with Gasteiger partial charge in [0, 0.05) is 22.4 Å². The van der Waals surface area contributed by atoms with Crippen LogP contribution < -0.4 is 5.32 Å². The largest absolute Gasteiger partial charge is 0.346 e. The summed E-state index contributed by atoms with van der Waals surface area (Å²) < 4.78 is 28.2. The number of carbonyl (C=O) groups excluding carboxylic acids is 1. The zero-order chi connectivity index (χ0) is 18.3. The van der Waals surface area contributed by atoms with Gasteiger partial charge >= 0.3 is 0 Å². The summed E-state index contributed by atoms with van der Waals surface area (Å²) in [6, 6.07) is 8.34. The number of aromatic nitrogens is 4. The first kappa shape index (κ1) is 16.6. The van der Waals surface area contributed by atoms with Crippen LogP contribution in [0.1, 0.15) is 28.3 Å². The fraction of sp³-hybridized carbons (Fsp3) is 0.118. The highest BCUT2D eigenvalue weighted by atomic mass is 79.9. The van der Waals surface area contributed by atoms with Gasteiger partial charge in [0.25, 0.3) is 12.3 Å². The Balaban J connectivity index is 1.50. The van der Waals surface area contributed by atoms with E-state index in [1.807, 2.05) is 28.9 Å². The minimum Gasteiger partial charge on any atom is -0.346 e. The van der Waals surface area contributed by atoms with Crippen molar-refractivity contribution < 1.29 is 13.6 Å². The summed E-state index contributed by atoms with van der Waals surface area (Å²) >= 11 is 3.39. The first-order valence-corrected chi connectivity index (χ1v) is 8.48. The van der Waals surface area contributed by atoms with Crippen LogP contribution >= 0.6 is 15.9 Å². The van der Waals surface area contributed by atoms with Gasteiger partial charge in [0.15, 0.2) is 5.82 Å². The summed E-state index contributed by atoms with van der Waals surface area (Å²) in [4.78, 5) is 23.1. The van der Waals surface area contributed by atoms with E-state index in [4.69, 9.17) is 0 Å². The van der Waals surface area contributed by atoms with Crippen molar-refractivity contribution in [3.63, 3.8) is 0 Å². The smallest absolute Gasteiger partial charge is 0.295 e. The maximum atomic E-state index is 12.7. The number of fused-ring (bicyclic) bond motifs is 2. The third kappa shape index (κ3) is 3.17. The molecule has 0 spiro atoms. The standard InChI is InChI=1S/C17H12BrF2N5O/c18-10-2-4-14-22-11(8-25(14)7-10)6-21-17(26)9-1-3-12-13(5-9)24-16(23-12)15(19)20/h1-5,7-8,15H,6H2,(H,21,26)(H,23,24). The summed E-state index contributed by atoms with van der Waals surface area (Å²) in [6.07, 6.45) is 1.02. The predicted octanol–water partition coefficient (Wildman–Crippen LogP) is 3.84. The number of alkyl halides is 2. The van der Waals surface area contributed by atoms with E-state index < -0.39 is 12.2 Å². The first-order chi connectivity index (χ1) is 12.5. The van der Waals surface area contributed by atoms with Crippen molar-refractivity contribution in [2.24, 2.45) is 0 Å². The summed E-state index contributed by atoms with van der Waals surface area (Å²) in [5, 5.41) is 2.78. The average Bonchev–Trinajstić information content (AvgIpc) is 3.22. The minimum absolute atomic E-state index is 0.251. The van der Waals surface area contributed by atoms with Gasteiger partial charge < -0.3 is 14.7 Å². The van der Waals surface area contributed by atoms with Crippen LogP contribution in [0, 0.1) is 0 Å². The normalized spacial score (nSPS) is 11.5. The van der Waals surface area contributed by atoms with Crippen LogP contribution in [0.25, 0.3) is 16.7 Å². The van der Waals surface area contributed by atoms with Gasteiger partial charge in [-0.25, -0.2) is 18.7 Å². The second-order valence-corrected chi connectivity index (χ2v) is 6.60. The molecule has 26 heavy (non-hydrogen) atoms. The molecule has 0 atom stereocenters. The zero-order valence-corrected chi connectivity index (χ0v) is 14.8. The van der Waals surface area contributed by atoms with Crippen LogP contribution in [0.3, 0.4) is 0 Å². The molecule has 0 saturated carbocycles. The van der Waals surface area contributed by atoms with Gasteiger partial charge in [-0.2, -0.15) is 0 Å². The number of aromatic amines is 1. The molecule has 4 aromatic rings. The third-order valence-corrected chi connectivity index (χ3v) is 4.33. The van der Waals surface area contributed by atoms with Crippen LogP contribution in [-0.2, 0) is 6.54 Å². The lowest BCUT2D eigenvalue weighted by Gasteiger charge is -2.03. The topological polar surface area (TPSA) is 75.1 Å². The molecule has 132 valence electrons. The highest BCUT2D eigenvalue weighted by Crippen LogP contribution is 2.20. The van der Waals surface area contributed by atoms with E-state index in [1.165, 1.54) is 12.1 Å². The third-order valence-electron chi connectivity index (χ3n) is 3.86. The van der Waals surface area contributed by atoms with Gasteiger partial charge in [-0.15, -0.1) is 0 Å². The van der Waals surface area contributed by atoms with E-state index in [0.29, 0.717) is 22.3 Å². The van der Waals surface area contributed by atoms with Gasteiger partial charge in [-0.1, -0.05) is 0 Å². The first-order valence-electron chi connectivity index (χ1n) is 7.69. The van der Waals surface area contributed by atoms with Crippen LogP contribution in [-0.4, -0.2) is 25.3 Å². The van der Waals surface area contributed by atoms with Crippen LogP contribution in [0.2, 0.25) is 0 Å². The summed E-state index contributed by atoms with van der Waals surface area (Å²) in [5.41, 5.74) is 2.62. The summed E-state index contributed by atoms with van der Waals surface area (Å²) in [7, 11) is 0. The maximum absolute atomic E-state index is 12.7. The molecular weight excluding hydrogens is 408 g/mol. The monoisotopic (exact) mass is 419 g/mol. The molecule has 0 radical (unpaired) electrons. The summed E-state index contributed by atoms with van der Waals surface area (Å²) in [6.45, 7) is 0.251. The van der Waals surface area contributed by atoms with Crippen molar-refractivity contribution in [2.45, 2.75) is 13.0 Å². The number of halogens is 3. The molecule has 0 saturated heterocycles. The van der Waals surface area contributed by atoms with E-state index in [9.17, 15) is 13.6 Å². The summed E-state index contributed by atoms with van der Waals surface area (Å²) in [5.74, 6) is -0.730. The molecule has 0 aliphatic rings. The highest BCUT2D eigenvalue weighted by Gasteiger charge is 2.14. The number of nitrogens with one attached hydrogen (secondary N) is 2. The van der Waals surface area contributed by atoms with Gasteiger partial charge in [0.2, 0.25) is 0 Å². The lowest BCUT2D eigenvalue weighted by atomic mass is 10.2. The van der Waals surface area contributed by atoms with Gasteiger partial charge in [-0.3, -0.25) is 4.79 Å². The van der Waals surface area contributed by atoms with Crippen molar-refractivity contribution in [2.75, 3.05) is 0 Å². The second kappa shape index (κ2) is 6.49. The Bertz CT molecular complexity index is 1120. The van der Waals surface area contributed by atoms with Crippen molar-refractivity contribution in [3.8, 4) is 0 Å². The van der Waals surface area contributed by atoms with Crippen LogP contribution in [0.4, 0.5) is 8.78 Å². The number of amides is 1. The highest BCUT2D eigenvalue weighted by molar-refractivity contribution is 9.10. The molecular formula is C17H12BrF2N5O. The maximum Gasteiger partial charge on any atom is 0.295 e. The molecule has 0 bridgehead atoms. The second-order valence-electron chi connectivity index (χ2n) is 5.68. The Kier molecular flexibility index (Phi) is 4.15. The molecule has 3 aromatic heterocycles. The molecule has 9 heteroatoms. The van der Waals surface area contributed by atoms with E-state index >= 15 is 0 Å². The predicted molar refractivity (Wildman–Crippen MR) is 95.1 cm³/mol. The Hall–Kier alpha value is -2.81. The van der Waals surface area contributed by atoms with Gasteiger partial charge in [0.1, 0.15) is 5.65 Å². The number of H-pyrrole nitrogens is 1. The van der Waals surface area contributed by atoms with E-state index in [1.54, 1.807) is 6.07 Å². The van der Waals surface area contributed by atoms with Crippen molar-refractivity contribution in [1.29, 1.82) is 0 Å². The number of hydrogen-bond donors (Lipinski definition) is 2. The van der Waals surface area contributed by atoms with Crippen LogP contribution in [0.5, 0.6) is 0 Å². The quantitative estimate of drug-likeness (QED) is 0.527. The molecule has 2 N–H and O–H groups in total. The van der Waals surface area contributed by atoms with Crippen LogP contribution in [0.15, 0.2) is 47.2 Å². The lowest BCUT2D eigenvalue weighted by Crippen LogP contribution is -2.22. The Morgan fingerprint density at radius 2 is 2.08 bits per heavy atom. The minimum atomic E-state index is -2.69. The Labute approximate surface area is 154 Å². The molecule has 1 amide bonds. The number of carbonyl (C=O) groups is 1. The average molecular weight is 420 g/mol. The fourth-order valence-corrected chi connectivity index (χ4v) is 3.00. The SMILES string of the molecule is O=C(NCc1cn2cc(Br)ccc2n1)c1ccc2nc(C(F)F)[nH]c2c1. The van der Waals surface area contributed by atoms with Gasteiger partial charge in [-0.05, 0) is 46.3 Å². The number of imidazole rings is 2. The van der Waals surface area contributed by atoms with Crippen molar-refractivity contribution in [3.05, 3.63) is 64.3 Å². The van der Waals surface area contributed by atoms with E-state index in [2.05, 4.69) is 36.2 Å². The molecule has 0 aliphatic heterocycles. The van der Waals surface area contributed by atoms with E-state index in [-0.39, 0.29) is 12.5 Å². The van der Waals surface area contributed by atoms with Gasteiger partial charge in [0.05, 0.1) is 23.3 Å². The molecule has 4 rings (SSSR count). The number of benzene rings is 1. The van der Waals surface area contributed by atoms with E-state index in [0.717, 1.165) is 10.1 Å². The van der Waals surface area contributed by atoms with Crippen molar-refractivity contribution >= 4 is 38.5 Å². The molecule has 0 aliphatic carbocycles. The Morgan fingerprint density at radius 3 is 2.88 bits per heavy atom.